The molecule has 3 rings (SSSR count). The van der Waals surface area contributed by atoms with Crippen LogP contribution in [0.3, 0.4) is 0 Å². The van der Waals surface area contributed by atoms with Crippen LogP contribution in [-0.4, -0.2) is 59.0 Å². The molecule has 0 aliphatic carbocycles. The van der Waals surface area contributed by atoms with Crippen molar-refractivity contribution in [2.24, 2.45) is 16.8 Å². The zero-order chi connectivity index (χ0) is 23.3. The lowest BCUT2D eigenvalue weighted by Gasteiger charge is -2.35. The molecule has 1 saturated heterocycles. The highest BCUT2D eigenvalue weighted by atomic mass is 32.2. The summed E-state index contributed by atoms with van der Waals surface area (Å²) in [5.74, 6) is 3.27. The Bertz CT molecular complexity index is 1120. The van der Waals surface area contributed by atoms with E-state index in [0.717, 1.165) is 29.7 Å². The molecule has 2 atom stereocenters. The maximum absolute atomic E-state index is 12.5. The Morgan fingerprint density at radius 1 is 1.25 bits per heavy atom. The molecule has 0 spiro atoms. The number of rotatable bonds is 6. The van der Waals surface area contributed by atoms with Crippen LogP contribution in [0.15, 0.2) is 23.2 Å². The minimum atomic E-state index is -0.433. The second-order valence-electron chi connectivity index (χ2n) is 8.09. The number of fused-ring (bicyclic) bond motifs is 1. The first-order chi connectivity index (χ1) is 15.3. The Morgan fingerprint density at radius 3 is 2.62 bits per heavy atom. The first-order valence-corrected chi connectivity index (χ1v) is 12.4. The van der Waals surface area contributed by atoms with Crippen LogP contribution in [0.25, 0.3) is 10.2 Å². The average molecular weight is 474 g/mol. The molecule has 2 aromatic rings. The van der Waals surface area contributed by atoms with E-state index in [2.05, 4.69) is 24.8 Å². The molecule has 2 unspecified atom stereocenters. The second kappa shape index (κ2) is 10.8. The lowest BCUT2D eigenvalue weighted by atomic mass is 9.92. The van der Waals surface area contributed by atoms with Crippen LogP contribution in [0.5, 0.6) is 0 Å². The van der Waals surface area contributed by atoms with E-state index in [4.69, 9.17) is 11.2 Å². The predicted molar refractivity (Wildman–Crippen MR) is 127 cm³/mol. The zero-order valence-corrected chi connectivity index (χ0v) is 20.1. The molecule has 0 N–H and O–H groups in total. The molecular formula is C23H27N3O4S2. The van der Waals surface area contributed by atoms with E-state index in [-0.39, 0.29) is 29.9 Å². The molecule has 9 heteroatoms. The van der Waals surface area contributed by atoms with Crippen LogP contribution in [0, 0.1) is 24.2 Å². The average Bonchev–Trinajstić information content (AvgIpc) is 3.08. The van der Waals surface area contributed by atoms with Crippen molar-refractivity contribution in [3.63, 3.8) is 0 Å². The van der Waals surface area contributed by atoms with Gasteiger partial charge in [0.15, 0.2) is 4.80 Å². The number of thiazole rings is 1. The number of methoxy groups -OCH3 is 1. The standard InChI is InChI=1S/C23H27N3O4S2/c1-5-8-26-18-7-6-17(22(29)30-4)10-19(18)32-23(26)24-20(27)13-31-14-21(28)25-11-15(2)9-16(3)12-25/h1,6-7,10,15-16H,8-9,11-14H2,2-4H3. The molecule has 2 heterocycles. The van der Waals surface area contributed by atoms with Crippen molar-refractivity contribution in [3.8, 4) is 12.3 Å². The molecule has 1 aromatic carbocycles. The van der Waals surface area contributed by atoms with Crippen molar-refractivity contribution in [3.05, 3.63) is 28.6 Å². The first kappa shape index (κ1) is 24.1. The van der Waals surface area contributed by atoms with Gasteiger partial charge in [0, 0.05) is 13.1 Å². The van der Waals surface area contributed by atoms with Crippen molar-refractivity contribution in [1.29, 1.82) is 0 Å². The van der Waals surface area contributed by atoms with Gasteiger partial charge in [-0.3, -0.25) is 9.59 Å². The number of terminal acetylenes is 1. The number of aromatic nitrogens is 1. The van der Waals surface area contributed by atoms with Gasteiger partial charge in [0.25, 0.3) is 5.91 Å². The normalized spacial score (nSPS) is 19.1. The molecule has 1 aliphatic rings. The van der Waals surface area contributed by atoms with Crippen molar-refractivity contribution in [1.82, 2.24) is 9.47 Å². The monoisotopic (exact) mass is 473 g/mol. The molecule has 0 bridgehead atoms. The summed E-state index contributed by atoms with van der Waals surface area (Å²) in [7, 11) is 1.33. The molecule has 2 amide bonds. The molecule has 32 heavy (non-hydrogen) atoms. The third-order valence-electron chi connectivity index (χ3n) is 5.25. The van der Waals surface area contributed by atoms with Crippen molar-refractivity contribution >= 4 is 51.1 Å². The highest BCUT2D eigenvalue weighted by Crippen LogP contribution is 2.22. The quantitative estimate of drug-likeness (QED) is 0.476. The minimum absolute atomic E-state index is 0.0702. The molecule has 1 aliphatic heterocycles. The van der Waals surface area contributed by atoms with Gasteiger partial charge >= 0.3 is 5.97 Å². The van der Waals surface area contributed by atoms with Crippen molar-refractivity contribution in [2.75, 3.05) is 31.7 Å². The van der Waals surface area contributed by atoms with Crippen LogP contribution in [0.4, 0.5) is 0 Å². The predicted octanol–water partition coefficient (Wildman–Crippen LogP) is 2.79. The number of hydrogen-bond donors (Lipinski definition) is 0. The van der Waals surface area contributed by atoms with Gasteiger partial charge in [-0.25, -0.2) is 4.79 Å². The third kappa shape index (κ3) is 5.81. The SMILES string of the molecule is C#CCn1c(=NC(=O)CSCC(=O)N2CC(C)CC(C)C2)sc2cc(C(=O)OC)ccc21. The fourth-order valence-corrected chi connectivity index (χ4v) is 5.75. The second-order valence-corrected chi connectivity index (χ2v) is 10.1. The highest BCUT2D eigenvalue weighted by molar-refractivity contribution is 8.00. The Balaban J connectivity index is 1.70. The summed E-state index contributed by atoms with van der Waals surface area (Å²) in [4.78, 5) is 43.4. The maximum Gasteiger partial charge on any atom is 0.337 e. The molecule has 170 valence electrons. The first-order valence-electron chi connectivity index (χ1n) is 10.4. The summed E-state index contributed by atoms with van der Waals surface area (Å²) in [6.45, 7) is 6.14. The molecule has 1 aromatic heterocycles. The van der Waals surface area contributed by atoms with Gasteiger partial charge in [0.1, 0.15) is 0 Å². The van der Waals surface area contributed by atoms with E-state index in [1.165, 1.54) is 30.2 Å². The number of benzene rings is 1. The fourth-order valence-electron chi connectivity index (χ4n) is 3.97. The van der Waals surface area contributed by atoms with Gasteiger partial charge in [-0.2, -0.15) is 4.99 Å². The van der Waals surface area contributed by atoms with E-state index in [9.17, 15) is 14.4 Å². The van der Waals surface area contributed by atoms with Crippen molar-refractivity contribution < 1.29 is 19.1 Å². The smallest absolute Gasteiger partial charge is 0.337 e. The number of nitrogens with zero attached hydrogens (tertiary/aromatic N) is 3. The number of carbonyl (C=O) groups excluding carboxylic acids is 3. The summed E-state index contributed by atoms with van der Waals surface area (Å²) in [6, 6.07) is 5.13. The lowest BCUT2D eigenvalue weighted by molar-refractivity contribution is -0.130. The summed E-state index contributed by atoms with van der Waals surface area (Å²) >= 11 is 2.56. The topological polar surface area (TPSA) is 81.0 Å². The van der Waals surface area contributed by atoms with Gasteiger partial charge in [0.05, 0.1) is 40.9 Å². The van der Waals surface area contributed by atoms with E-state index in [0.29, 0.717) is 22.2 Å². The number of likely N-dealkylation sites (tertiary alicyclic amines) is 1. The summed E-state index contributed by atoms with van der Waals surface area (Å²) in [5.41, 5.74) is 1.21. The fraction of sp³-hybridized carbons (Fsp3) is 0.478. The van der Waals surface area contributed by atoms with Gasteiger partial charge < -0.3 is 14.2 Å². The number of thioether (sulfide) groups is 1. The summed E-state index contributed by atoms with van der Waals surface area (Å²) in [6.07, 6.45) is 6.64. The maximum atomic E-state index is 12.5. The molecule has 7 nitrogen and oxygen atoms in total. The Hall–Kier alpha value is -2.57. The van der Waals surface area contributed by atoms with Crippen LogP contribution < -0.4 is 4.80 Å². The van der Waals surface area contributed by atoms with Crippen LogP contribution in [0.2, 0.25) is 0 Å². The van der Waals surface area contributed by atoms with Gasteiger partial charge in [-0.15, -0.1) is 18.2 Å². The minimum Gasteiger partial charge on any atom is -0.465 e. The van der Waals surface area contributed by atoms with Crippen LogP contribution in [-0.2, 0) is 20.9 Å². The zero-order valence-electron chi connectivity index (χ0n) is 18.5. The largest absolute Gasteiger partial charge is 0.465 e. The number of esters is 1. The number of carbonyl (C=O) groups is 3. The number of piperidine rings is 1. The van der Waals surface area contributed by atoms with E-state index in [1.807, 2.05) is 4.90 Å². The van der Waals surface area contributed by atoms with Crippen LogP contribution >= 0.6 is 23.1 Å². The third-order valence-corrected chi connectivity index (χ3v) is 7.19. The van der Waals surface area contributed by atoms with Crippen LogP contribution in [0.1, 0.15) is 30.6 Å². The summed E-state index contributed by atoms with van der Waals surface area (Å²) in [5, 5.41) is 0. The van der Waals surface area contributed by atoms with E-state index < -0.39 is 5.97 Å². The molecule has 0 saturated carbocycles. The van der Waals surface area contributed by atoms with Gasteiger partial charge in [0.2, 0.25) is 5.91 Å². The van der Waals surface area contributed by atoms with Gasteiger partial charge in [-0.05, 0) is 36.5 Å². The molecule has 0 radical (unpaired) electrons. The number of amides is 2. The number of hydrogen-bond acceptors (Lipinski definition) is 6. The highest BCUT2D eigenvalue weighted by Gasteiger charge is 2.25. The van der Waals surface area contributed by atoms with E-state index >= 15 is 0 Å². The Kier molecular flexibility index (Phi) is 8.15. The number of ether oxygens (including phenoxy) is 1. The van der Waals surface area contributed by atoms with Gasteiger partial charge in [-0.1, -0.05) is 31.1 Å². The Labute approximate surface area is 195 Å². The molecular weight excluding hydrogens is 446 g/mol. The Morgan fingerprint density at radius 2 is 1.97 bits per heavy atom. The summed E-state index contributed by atoms with van der Waals surface area (Å²) < 4.78 is 7.32. The van der Waals surface area contributed by atoms with E-state index in [1.54, 1.807) is 22.8 Å². The lowest BCUT2D eigenvalue weighted by Crippen LogP contribution is -2.43. The molecule has 1 fully saturated rings. The van der Waals surface area contributed by atoms with Crippen molar-refractivity contribution in [2.45, 2.75) is 26.8 Å².